The summed E-state index contributed by atoms with van der Waals surface area (Å²) < 4.78 is 0.944. The van der Waals surface area contributed by atoms with Gasteiger partial charge >= 0.3 is 0 Å². The van der Waals surface area contributed by atoms with Crippen molar-refractivity contribution in [3.63, 3.8) is 0 Å². The van der Waals surface area contributed by atoms with Gasteiger partial charge in [0, 0.05) is 47.2 Å². The van der Waals surface area contributed by atoms with Gasteiger partial charge in [-0.3, -0.25) is 0 Å². The fraction of sp³-hybridized carbons (Fsp3) is 0.286. The van der Waals surface area contributed by atoms with E-state index in [2.05, 4.69) is 26.3 Å². The molecule has 0 rings (SSSR count). The van der Waals surface area contributed by atoms with Crippen LogP contribution < -0.4 is 0 Å². The zero-order chi connectivity index (χ0) is 16.0. The van der Waals surface area contributed by atoms with Crippen LogP contribution in [-0.2, 0) is 73.3 Å². The van der Waals surface area contributed by atoms with Crippen molar-refractivity contribution in [1.82, 2.24) is 9.80 Å². The Morgan fingerprint density at radius 1 is 0.696 bits per heavy atom. The normalized spacial score (nSPS) is 7.30. The maximum absolute atomic E-state index is 4.79. The third-order valence-corrected chi connectivity index (χ3v) is 2.95. The Hall–Kier alpha value is 0.568. The van der Waals surface area contributed by atoms with E-state index in [0.29, 0.717) is 34.8 Å². The Bertz CT molecular complexity index is 309. The van der Waals surface area contributed by atoms with Gasteiger partial charge in [0.2, 0.25) is 0 Å². The molecule has 0 unspecified atom stereocenters. The summed E-state index contributed by atoms with van der Waals surface area (Å²) in [5, 5.41) is 0. The van der Waals surface area contributed by atoms with Crippen LogP contribution in [0.25, 0.3) is 0 Å². The van der Waals surface area contributed by atoms with Gasteiger partial charge in [0.25, 0.3) is 0 Å². The van der Waals surface area contributed by atoms with E-state index in [4.69, 9.17) is 49.7 Å². The molecule has 0 spiro atoms. The first kappa shape index (κ1) is 34.8. The zero-order valence-electron chi connectivity index (χ0n) is 12.7. The number of thiocarbonyl (C=S) groups is 2. The maximum Gasteiger partial charge on any atom is 0.0344 e. The monoisotopic (exact) mass is 506 g/mol. The zero-order valence-corrected chi connectivity index (χ0v) is 19.6. The maximum atomic E-state index is 4.79. The first-order valence-electron chi connectivity index (χ1n) is 5.79. The van der Waals surface area contributed by atoms with E-state index in [1.54, 1.807) is 24.3 Å². The van der Waals surface area contributed by atoms with E-state index in [1.807, 2.05) is 9.80 Å². The molecule has 23 heavy (non-hydrogen) atoms. The van der Waals surface area contributed by atoms with Crippen LogP contribution >= 0.6 is 24.4 Å². The number of nitrogens with zero attached hydrogens (tertiary/aromatic N) is 2. The van der Waals surface area contributed by atoms with Crippen molar-refractivity contribution >= 4 is 85.3 Å². The Labute approximate surface area is 191 Å². The molecular weight excluding hydrogens is 485 g/mol. The van der Waals surface area contributed by atoms with E-state index in [1.165, 1.54) is 0 Å². The van der Waals surface area contributed by atoms with E-state index in [-0.39, 0.29) is 48.1 Å². The quantitative estimate of drug-likeness (QED) is 0.216. The van der Waals surface area contributed by atoms with Crippen LogP contribution in [0.5, 0.6) is 0 Å². The van der Waals surface area contributed by atoms with E-state index >= 15 is 0 Å². The standard InChI is InChI=1S/2C7H11NS2.Mo.2S/c2*1-3-5-8(6-4-2)7(9)10;;;/h2*3-4H,1-2,5-6H2,(H,9,10);;;/q;;;2*-2/p-2. The van der Waals surface area contributed by atoms with Crippen LogP contribution in [0, 0.1) is 0 Å². The molecule has 2 nitrogen and oxygen atoms in total. The van der Waals surface area contributed by atoms with Gasteiger partial charge in [0.05, 0.1) is 0 Å². The predicted octanol–water partition coefficient (Wildman–Crippen LogP) is 2.98. The third-order valence-electron chi connectivity index (χ3n) is 1.91. The van der Waals surface area contributed by atoms with E-state index in [9.17, 15) is 0 Å². The second-order valence-corrected chi connectivity index (χ2v) is 5.56. The molecule has 134 valence electrons. The molecule has 0 aromatic rings. The summed E-state index contributed by atoms with van der Waals surface area (Å²) in [4.78, 5) is 3.68. The molecule has 0 radical (unpaired) electrons. The molecule has 0 amide bonds. The van der Waals surface area contributed by atoms with Crippen LogP contribution in [0.2, 0.25) is 0 Å². The van der Waals surface area contributed by atoms with Crippen molar-refractivity contribution in [2.45, 2.75) is 0 Å². The molecular formula is C14H20MoN2S6-6. The van der Waals surface area contributed by atoms with Crippen molar-refractivity contribution in [3.8, 4) is 0 Å². The molecule has 0 atom stereocenters. The Kier molecular flexibility index (Phi) is 37.6. The Balaban J connectivity index is -0.0000000831. The second kappa shape index (κ2) is 24.8. The summed E-state index contributed by atoms with van der Waals surface area (Å²) in [6.45, 7) is 17.1. The summed E-state index contributed by atoms with van der Waals surface area (Å²) in [6.07, 6.45) is 7.06. The van der Waals surface area contributed by atoms with Gasteiger partial charge in [-0.25, -0.2) is 0 Å². The largest absolute Gasteiger partial charge is 2.00 e. The molecule has 0 N–H and O–H groups in total. The average molecular weight is 505 g/mol. The molecule has 0 aromatic heterocycles. The van der Waals surface area contributed by atoms with Gasteiger partial charge in [0.1, 0.15) is 0 Å². The molecule has 0 aliphatic carbocycles. The number of rotatable bonds is 8. The van der Waals surface area contributed by atoms with Crippen molar-refractivity contribution in [2.75, 3.05) is 26.2 Å². The average Bonchev–Trinajstić information content (AvgIpc) is 2.38. The fourth-order valence-electron chi connectivity index (χ4n) is 1.07. The second-order valence-electron chi connectivity index (χ2n) is 3.50. The van der Waals surface area contributed by atoms with Crippen LogP contribution in [0.4, 0.5) is 0 Å². The van der Waals surface area contributed by atoms with Crippen LogP contribution in [0.3, 0.4) is 0 Å². The van der Waals surface area contributed by atoms with Gasteiger partial charge in [-0.15, -0.1) is 26.3 Å². The molecule has 0 fully saturated rings. The van der Waals surface area contributed by atoms with E-state index < -0.39 is 0 Å². The van der Waals surface area contributed by atoms with Crippen LogP contribution in [0.1, 0.15) is 0 Å². The summed E-state index contributed by atoms with van der Waals surface area (Å²) in [5.74, 6) is 0. The topological polar surface area (TPSA) is 6.48 Å². The minimum atomic E-state index is 0. The minimum absolute atomic E-state index is 0. The van der Waals surface area contributed by atoms with Gasteiger partial charge < -0.3 is 86.5 Å². The van der Waals surface area contributed by atoms with E-state index in [0.717, 1.165) is 0 Å². The fourth-order valence-corrected chi connectivity index (χ4v) is 1.67. The summed E-state index contributed by atoms with van der Waals surface area (Å²) in [5.41, 5.74) is 0. The van der Waals surface area contributed by atoms with Crippen molar-refractivity contribution in [1.29, 1.82) is 0 Å². The Morgan fingerprint density at radius 3 is 0.957 bits per heavy atom. The third kappa shape index (κ3) is 22.6. The summed E-state index contributed by atoms with van der Waals surface area (Å²) in [6, 6.07) is 0. The molecule has 0 aliphatic heterocycles. The van der Waals surface area contributed by atoms with Crippen LogP contribution in [-0.4, -0.2) is 44.6 Å². The van der Waals surface area contributed by atoms with Gasteiger partial charge in [-0.05, 0) is 0 Å². The van der Waals surface area contributed by atoms with Crippen molar-refractivity contribution in [2.24, 2.45) is 0 Å². The SMILES string of the molecule is C=CCN(CC=C)C(=S)[S-].C=CCN(CC=C)C(=S)[S-].[Mo].[S-2].[S-2]. The van der Waals surface area contributed by atoms with Gasteiger partial charge in [-0.1, -0.05) is 32.9 Å². The molecule has 9 heteroatoms. The first-order chi connectivity index (χ1) is 9.44. The van der Waals surface area contributed by atoms with Crippen LogP contribution in [0.15, 0.2) is 50.6 Å². The number of hydrogen-bond acceptors (Lipinski definition) is 4. The number of hydrogen-bond donors (Lipinski definition) is 0. The molecule has 0 aliphatic rings. The van der Waals surface area contributed by atoms with Gasteiger partial charge in [-0.2, -0.15) is 0 Å². The molecule has 0 saturated carbocycles. The van der Waals surface area contributed by atoms with Crippen molar-refractivity contribution in [3.05, 3.63) is 50.6 Å². The van der Waals surface area contributed by atoms with Gasteiger partial charge in [0.15, 0.2) is 0 Å². The minimum Gasteiger partial charge on any atom is -2.00 e. The first-order valence-corrected chi connectivity index (χ1v) is 7.43. The molecule has 0 aromatic carbocycles. The molecule has 0 bridgehead atoms. The molecule has 0 saturated heterocycles. The smallest absolute Gasteiger partial charge is 0.0344 e. The summed E-state index contributed by atoms with van der Waals surface area (Å²) in [7, 11) is 0. The summed E-state index contributed by atoms with van der Waals surface area (Å²) >= 11 is 19.2. The molecule has 0 heterocycles. The van der Waals surface area contributed by atoms with Crippen molar-refractivity contribution < 1.29 is 21.1 Å². The predicted molar refractivity (Wildman–Crippen MR) is 119 cm³/mol. The Morgan fingerprint density at radius 2 is 0.870 bits per heavy atom.